The maximum atomic E-state index is 12.8. The number of hydrogen-bond donors (Lipinski definition) is 1. The van der Waals surface area contributed by atoms with Crippen LogP contribution in [0.1, 0.15) is 6.92 Å². The zero-order chi connectivity index (χ0) is 17.0. The van der Waals surface area contributed by atoms with Crippen LogP contribution in [0.3, 0.4) is 0 Å². The first kappa shape index (κ1) is 18.1. The average Bonchev–Trinajstić information content (AvgIpc) is 2.53. The Morgan fingerprint density at radius 2 is 1.78 bits per heavy atom. The van der Waals surface area contributed by atoms with Crippen LogP contribution in [-0.2, 0) is 9.84 Å². The van der Waals surface area contributed by atoms with Gasteiger partial charge in [0.05, 0.1) is 10.6 Å². The molecule has 1 aliphatic rings. The van der Waals surface area contributed by atoms with Crippen LogP contribution in [-0.4, -0.2) is 69.8 Å². The first-order valence-electron chi connectivity index (χ1n) is 7.60. The fraction of sp³-hybridized carbons (Fsp3) is 0.600. The van der Waals surface area contributed by atoms with Crippen molar-refractivity contribution < 1.29 is 17.2 Å². The highest BCUT2D eigenvalue weighted by atomic mass is 32.2. The van der Waals surface area contributed by atoms with Gasteiger partial charge in [0.1, 0.15) is 0 Å². The molecule has 1 atom stereocenters. The summed E-state index contributed by atoms with van der Waals surface area (Å²) in [7, 11) is -2.53. The van der Waals surface area contributed by atoms with E-state index in [2.05, 4.69) is 22.2 Å². The Kier molecular flexibility index (Phi) is 5.94. The van der Waals surface area contributed by atoms with Gasteiger partial charge in [-0.1, -0.05) is 12.1 Å². The summed E-state index contributed by atoms with van der Waals surface area (Å²) in [5.74, 6) is -3.42. The van der Waals surface area contributed by atoms with Crippen LogP contribution in [0.2, 0.25) is 0 Å². The number of sulfone groups is 1. The highest BCUT2D eigenvalue weighted by Crippen LogP contribution is 2.26. The molecule has 1 N–H and O–H groups in total. The SMILES string of the molecule is CC(CNc1ccccc1S(=O)(=O)C(F)F)N1CCN(C)CC1. The summed E-state index contributed by atoms with van der Waals surface area (Å²) in [6.45, 7) is 6.40. The quantitative estimate of drug-likeness (QED) is 0.849. The highest BCUT2D eigenvalue weighted by Gasteiger charge is 2.29. The molecular weight excluding hydrogens is 324 g/mol. The van der Waals surface area contributed by atoms with Crippen molar-refractivity contribution in [3.05, 3.63) is 24.3 Å². The van der Waals surface area contributed by atoms with Crippen molar-refractivity contribution in [2.75, 3.05) is 45.1 Å². The molecular formula is C15H23F2N3O2S. The largest absolute Gasteiger partial charge is 0.382 e. The van der Waals surface area contributed by atoms with Gasteiger partial charge in [-0.3, -0.25) is 4.90 Å². The minimum absolute atomic E-state index is 0.186. The van der Waals surface area contributed by atoms with Gasteiger partial charge in [-0.2, -0.15) is 8.78 Å². The van der Waals surface area contributed by atoms with E-state index in [-0.39, 0.29) is 16.6 Å². The molecule has 0 saturated carbocycles. The molecule has 2 rings (SSSR count). The zero-order valence-corrected chi connectivity index (χ0v) is 14.2. The molecule has 0 radical (unpaired) electrons. The summed E-state index contributed by atoms with van der Waals surface area (Å²) >= 11 is 0. The van der Waals surface area contributed by atoms with Crippen LogP contribution < -0.4 is 5.32 Å². The zero-order valence-electron chi connectivity index (χ0n) is 13.4. The van der Waals surface area contributed by atoms with E-state index in [0.29, 0.717) is 6.54 Å². The lowest BCUT2D eigenvalue weighted by Gasteiger charge is -2.36. The van der Waals surface area contributed by atoms with E-state index in [1.54, 1.807) is 6.07 Å². The van der Waals surface area contributed by atoms with Crippen molar-refractivity contribution in [2.24, 2.45) is 0 Å². The Labute approximate surface area is 136 Å². The number of benzene rings is 1. The van der Waals surface area contributed by atoms with Gasteiger partial charge < -0.3 is 10.2 Å². The maximum Gasteiger partial charge on any atom is 0.341 e. The van der Waals surface area contributed by atoms with Crippen LogP contribution >= 0.6 is 0 Å². The molecule has 1 unspecified atom stereocenters. The number of para-hydroxylation sites is 1. The summed E-state index contributed by atoms with van der Waals surface area (Å²) in [4.78, 5) is 4.21. The van der Waals surface area contributed by atoms with Crippen LogP contribution in [0.15, 0.2) is 29.2 Å². The molecule has 0 aliphatic carbocycles. The van der Waals surface area contributed by atoms with Crippen molar-refractivity contribution in [2.45, 2.75) is 23.6 Å². The van der Waals surface area contributed by atoms with Crippen LogP contribution in [0.4, 0.5) is 14.5 Å². The van der Waals surface area contributed by atoms with Crippen molar-refractivity contribution in [1.29, 1.82) is 0 Å². The monoisotopic (exact) mass is 347 g/mol. The van der Waals surface area contributed by atoms with E-state index < -0.39 is 15.6 Å². The molecule has 1 aromatic carbocycles. The van der Waals surface area contributed by atoms with Gasteiger partial charge >= 0.3 is 5.76 Å². The maximum absolute atomic E-state index is 12.8. The number of nitrogens with one attached hydrogen (secondary N) is 1. The average molecular weight is 347 g/mol. The van der Waals surface area contributed by atoms with E-state index in [0.717, 1.165) is 26.2 Å². The summed E-state index contributed by atoms with van der Waals surface area (Å²) in [6, 6.07) is 6.00. The number of likely N-dealkylation sites (N-methyl/N-ethyl adjacent to an activating group) is 1. The molecule has 0 aromatic heterocycles. The minimum atomic E-state index is -4.60. The standard InChI is InChI=1S/C15H23F2N3O2S/c1-12(20-9-7-19(2)8-10-20)11-18-13-5-3-4-6-14(13)23(21,22)15(16)17/h3-6,12,15,18H,7-11H2,1-2H3. The summed E-state index contributed by atoms with van der Waals surface area (Å²) in [5.41, 5.74) is 0.230. The molecule has 1 saturated heterocycles. The first-order chi connectivity index (χ1) is 10.8. The number of anilines is 1. The molecule has 8 heteroatoms. The minimum Gasteiger partial charge on any atom is -0.382 e. The second-order valence-electron chi connectivity index (χ2n) is 5.87. The third-order valence-corrected chi connectivity index (χ3v) is 5.62. The van der Waals surface area contributed by atoms with E-state index in [4.69, 9.17) is 0 Å². The lowest BCUT2D eigenvalue weighted by Crippen LogP contribution is -2.49. The van der Waals surface area contributed by atoms with Gasteiger partial charge in [-0.15, -0.1) is 0 Å². The second-order valence-corrected chi connectivity index (χ2v) is 7.76. The van der Waals surface area contributed by atoms with Gasteiger partial charge in [0.25, 0.3) is 0 Å². The van der Waals surface area contributed by atoms with Gasteiger partial charge in [0.15, 0.2) is 0 Å². The van der Waals surface area contributed by atoms with Crippen LogP contribution in [0.5, 0.6) is 0 Å². The molecule has 1 aliphatic heterocycles. The summed E-state index contributed by atoms with van der Waals surface area (Å²) in [5, 5.41) is 3.01. The molecule has 0 amide bonds. The number of nitrogens with zero attached hydrogens (tertiary/aromatic N) is 2. The Morgan fingerprint density at radius 1 is 1.17 bits per heavy atom. The Balaban J connectivity index is 2.04. The first-order valence-corrected chi connectivity index (χ1v) is 9.14. The van der Waals surface area contributed by atoms with Crippen molar-refractivity contribution in [1.82, 2.24) is 9.80 Å². The molecule has 0 spiro atoms. The molecule has 5 nitrogen and oxygen atoms in total. The third-order valence-electron chi connectivity index (χ3n) is 4.18. The van der Waals surface area contributed by atoms with Crippen LogP contribution in [0.25, 0.3) is 0 Å². The normalized spacial score (nSPS) is 19.0. The van der Waals surface area contributed by atoms with Crippen molar-refractivity contribution in [3.8, 4) is 0 Å². The van der Waals surface area contributed by atoms with E-state index >= 15 is 0 Å². The lowest BCUT2D eigenvalue weighted by atomic mass is 10.2. The van der Waals surface area contributed by atoms with Gasteiger partial charge in [-0.25, -0.2) is 8.42 Å². The lowest BCUT2D eigenvalue weighted by molar-refractivity contribution is 0.123. The van der Waals surface area contributed by atoms with E-state index in [1.807, 2.05) is 6.92 Å². The predicted octanol–water partition coefficient (Wildman–Crippen LogP) is 1.73. The van der Waals surface area contributed by atoms with Crippen LogP contribution in [0, 0.1) is 0 Å². The van der Waals surface area contributed by atoms with Crippen molar-refractivity contribution >= 4 is 15.5 Å². The smallest absolute Gasteiger partial charge is 0.341 e. The van der Waals surface area contributed by atoms with Gasteiger partial charge in [0.2, 0.25) is 9.84 Å². The number of piperazine rings is 1. The third kappa shape index (κ3) is 4.39. The topological polar surface area (TPSA) is 52.7 Å². The molecule has 1 fully saturated rings. The highest BCUT2D eigenvalue weighted by molar-refractivity contribution is 7.91. The number of rotatable bonds is 6. The van der Waals surface area contributed by atoms with Gasteiger partial charge in [-0.05, 0) is 26.1 Å². The fourth-order valence-corrected chi connectivity index (χ4v) is 3.51. The summed E-state index contributed by atoms with van der Waals surface area (Å²) in [6.07, 6.45) is 0. The Bertz CT molecular complexity index is 617. The Morgan fingerprint density at radius 3 is 2.39 bits per heavy atom. The molecule has 0 bridgehead atoms. The van der Waals surface area contributed by atoms with E-state index in [9.17, 15) is 17.2 Å². The predicted molar refractivity (Wildman–Crippen MR) is 86.7 cm³/mol. The number of hydrogen-bond acceptors (Lipinski definition) is 5. The summed E-state index contributed by atoms with van der Waals surface area (Å²) < 4.78 is 49.0. The molecule has 23 heavy (non-hydrogen) atoms. The molecule has 1 heterocycles. The van der Waals surface area contributed by atoms with Crippen molar-refractivity contribution in [3.63, 3.8) is 0 Å². The fourth-order valence-electron chi connectivity index (χ4n) is 2.61. The number of halogens is 2. The van der Waals surface area contributed by atoms with Gasteiger partial charge in [0, 0.05) is 38.8 Å². The second kappa shape index (κ2) is 7.55. The molecule has 1 aromatic rings. The van der Waals surface area contributed by atoms with E-state index in [1.165, 1.54) is 18.2 Å². The molecule has 130 valence electrons. The number of alkyl halides is 2. The Hall–Kier alpha value is -1.25.